The SMILES string of the molecule is Cc1c(NC(=O)[C@H]2CCCN2)cccc1C(=O)O. The summed E-state index contributed by atoms with van der Waals surface area (Å²) < 4.78 is 0. The molecule has 1 fully saturated rings. The average molecular weight is 248 g/mol. The summed E-state index contributed by atoms with van der Waals surface area (Å²) >= 11 is 0. The number of rotatable bonds is 3. The van der Waals surface area contributed by atoms with Crippen LogP contribution in [-0.4, -0.2) is 29.6 Å². The molecule has 0 bridgehead atoms. The number of nitrogens with one attached hydrogen (secondary N) is 2. The van der Waals surface area contributed by atoms with Crippen molar-refractivity contribution in [3.05, 3.63) is 29.3 Å². The van der Waals surface area contributed by atoms with Gasteiger partial charge >= 0.3 is 5.97 Å². The number of hydrogen-bond donors (Lipinski definition) is 3. The zero-order valence-electron chi connectivity index (χ0n) is 10.2. The molecular weight excluding hydrogens is 232 g/mol. The Morgan fingerprint density at radius 1 is 1.44 bits per heavy atom. The highest BCUT2D eigenvalue weighted by Gasteiger charge is 2.22. The first-order chi connectivity index (χ1) is 8.59. The minimum absolute atomic E-state index is 0.0989. The van der Waals surface area contributed by atoms with Crippen LogP contribution in [0.5, 0.6) is 0 Å². The molecule has 1 heterocycles. The number of anilines is 1. The van der Waals surface area contributed by atoms with Crippen molar-refractivity contribution < 1.29 is 14.7 Å². The Bertz CT molecular complexity index is 479. The van der Waals surface area contributed by atoms with Crippen molar-refractivity contribution in [2.24, 2.45) is 0 Å². The van der Waals surface area contributed by atoms with Crippen LogP contribution in [0.1, 0.15) is 28.8 Å². The van der Waals surface area contributed by atoms with E-state index in [9.17, 15) is 9.59 Å². The molecule has 0 spiro atoms. The van der Waals surface area contributed by atoms with Gasteiger partial charge in [0.25, 0.3) is 0 Å². The fraction of sp³-hybridized carbons (Fsp3) is 0.385. The number of amides is 1. The minimum atomic E-state index is -0.984. The van der Waals surface area contributed by atoms with Gasteiger partial charge in [0.05, 0.1) is 11.6 Å². The molecule has 0 aliphatic carbocycles. The van der Waals surface area contributed by atoms with Crippen LogP contribution in [0, 0.1) is 6.92 Å². The largest absolute Gasteiger partial charge is 0.478 e. The van der Waals surface area contributed by atoms with Gasteiger partial charge < -0.3 is 15.7 Å². The molecule has 1 aliphatic rings. The van der Waals surface area contributed by atoms with Crippen molar-refractivity contribution in [1.29, 1.82) is 0 Å². The third-order valence-corrected chi connectivity index (χ3v) is 3.20. The van der Waals surface area contributed by atoms with Crippen LogP contribution >= 0.6 is 0 Å². The van der Waals surface area contributed by atoms with Crippen molar-refractivity contribution in [1.82, 2.24) is 5.32 Å². The second-order valence-corrected chi connectivity index (χ2v) is 4.42. The van der Waals surface area contributed by atoms with Gasteiger partial charge in [0, 0.05) is 5.69 Å². The van der Waals surface area contributed by atoms with Crippen molar-refractivity contribution in [3.8, 4) is 0 Å². The Hall–Kier alpha value is -1.88. The molecule has 1 aromatic carbocycles. The highest BCUT2D eigenvalue weighted by molar-refractivity contribution is 5.98. The standard InChI is InChI=1S/C13H16N2O3/c1-8-9(13(17)18)4-2-5-10(8)15-12(16)11-6-3-7-14-11/h2,4-5,11,14H,3,6-7H2,1H3,(H,15,16)(H,17,18)/t11-/m1/s1. The number of carbonyl (C=O) groups is 2. The van der Waals surface area contributed by atoms with Gasteiger partial charge in [-0.3, -0.25) is 4.79 Å². The topological polar surface area (TPSA) is 78.4 Å². The quantitative estimate of drug-likeness (QED) is 0.755. The fourth-order valence-corrected chi connectivity index (χ4v) is 2.13. The van der Waals surface area contributed by atoms with E-state index in [1.807, 2.05) is 0 Å². The molecular formula is C13H16N2O3. The maximum absolute atomic E-state index is 11.9. The van der Waals surface area contributed by atoms with Crippen molar-refractivity contribution >= 4 is 17.6 Å². The van der Waals surface area contributed by atoms with Crippen LogP contribution in [0.15, 0.2) is 18.2 Å². The molecule has 1 amide bonds. The van der Waals surface area contributed by atoms with Gasteiger partial charge in [0.2, 0.25) is 5.91 Å². The number of benzene rings is 1. The number of carboxylic acids is 1. The van der Waals surface area contributed by atoms with Gasteiger partial charge in [-0.2, -0.15) is 0 Å². The molecule has 18 heavy (non-hydrogen) atoms. The zero-order chi connectivity index (χ0) is 13.1. The molecule has 1 atom stereocenters. The first-order valence-electron chi connectivity index (χ1n) is 5.97. The van der Waals surface area contributed by atoms with Crippen LogP contribution in [0.4, 0.5) is 5.69 Å². The Balaban J connectivity index is 2.16. The molecule has 2 rings (SSSR count). The molecule has 3 N–H and O–H groups in total. The van der Waals surface area contributed by atoms with Crippen LogP contribution in [0.3, 0.4) is 0 Å². The van der Waals surface area contributed by atoms with Crippen molar-refractivity contribution in [2.75, 3.05) is 11.9 Å². The summed E-state index contributed by atoms with van der Waals surface area (Å²) in [6.45, 7) is 2.55. The lowest BCUT2D eigenvalue weighted by Crippen LogP contribution is -2.35. The lowest BCUT2D eigenvalue weighted by atomic mass is 10.1. The van der Waals surface area contributed by atoms with Crippen molar-refractivity contribution in [3.63, 3.8) is 0 Å². The predicted octanol–water partition coefficient (Wildman–Crippen LogP) is 1.38. The van der Waals surface area contributed by atoms with Gasteiger partial charge in [-0.15, -0.1) is 0 Å². The number of aromatic carboxylic acids is 1. The Kier molecular flexibility index (Phi) is 3.62. The van der Waals surface area contributed by atoms with E-state index in [0.717, 1.165) is 19.4 Å². The van der Waals surface area contributed by atoms with E-state index in [0.29, 0.717) is 11.3 Å². The molecule has 1 aromatic rings. The molecule has 96 valence electrons. The molecule has 0 aromatic heterocycles. The molecule has 0 saturated carbocycles. The summed E-state index contributed by atoms with van der Waals surface area (Å²) in [7, 11) is 0. The van der Waals surface area contributed by atoms with E-state index in [-0.39, 0.29) is 17.5 Å². The van der Waals surface area contributed by atoms with E-state index in [1.54, 1.807) is 19.1 Å². The van der Waals surface area contributed by atoms with Gasteiger partial charge in [-0.05, 0) is 44.0 Å². The highest BCUT2D eigenvalue weighted by Crippen LogP contribution is 2.20. The van der Waals surface area contributed by atoms with Crippen LogP contribution < -0.4 is 10.6 Å². The van der Waals surface area contributed by atoms with Crippen LogP contribution in [-0.2, 0) is 4.79 Å². The Morgan fingerprint density at radius 2 is 2.22 bits per heavy atom. The van der Waals surface area contributed by atoms with Crippen LogP contribution in [0.2, 0.25) is 0 Å². The van der Waals surface area contributed by atoms with Gasteiger partial charge in [0.1, 0.15) is 0 Å². The molecule has 0 radical (unpaired) electrons. The smallest absolute Gasteiger partial charge is 0.336 e. The molecule has 5 heteroatoms. The Morgan fingerprint density at radius 3 is 2.83 bits per heavy atom. The number of carboxylic acid groups (broad SMARTS) is 1. The molecule has 1 aliphatic heterocycles. The first kappa shape index (κ1) is 12.6. The van der Waals surface area contributed by atoms with E-state index in [4.69, 9.17) is 5.11 Å². The molecule has 0 unspecified atom stereocenters. The summed E-state index contributed by atoms with van der Waals surface area (Å²) in [6.07, 6.45) is 1.82. The predicted molar refractivity (Wildman–Crippen MR) is 67.8 cm³/mol. The summed E-state index contributed by atoms with van der Waals surface area (Å²) in [5.41, 5.74) is 1.36. The normalized spacial score (nSPS) is 18.6. The summed E-state index contributed by atoms with van der Waals surface area (Å²) in [5.74, 6) is -1.08. The average Bonchev–Trinajstić information content (AvgIpc) is 2.85. The molecule has 5 nitrogen and oxygen atoms in total. The number of hydrogen-bond acceptors (Lipinski definition) is 3. The van der Waals surface area contributed by atoms with Crippen LogP contribution in [0.25, 0.3) is 0 Å². The summed E-state index contributed by atoms with van der Waals surface area (Å²) in [6, 6.07) is 4.71. The highest BCUT2D eigenvalue weighted by atomic mass is 16.4. The second kappa shape index (κ2) is 5.18. The third-order valence-electron chi connectivity index (χ3n) is 3.20. The van der Waals surface area contributed by atoms with E-state index < -0.39 is 5.97 Å². The second-order valence-electron chi connectivity index (χ2n) is 4.42. The van der Waals surface area contributed by atoms with E-state index >= 15 is 0 Å². The monoisotopic (exact) mass is 248 g/mol. The van der Waals surface area contributed by atoms with Gasteiger partial charge in [0.15, 0.2) is 0 Å². The van der Waals surface area contributed by atoms with E-state index in [2.05, 4.69) is 10.6 Å². The first-order valence-corrected chi connectivity index (χ1v) is 5.97. The lowest BCUT2D eigenvalue weighted by Gasteiger charge is -2.14. The lowest BCUT2D eigenvalue weighted by molar-refractivity contribution is -0.117. The number of carbonyl (C=O) groups excluding carboxylic acids is 1. The maximum Gasteiger partial charge on any atom is 0.336 e. The summed E-state index contributed by atoms with van der Waals surface area (Å²) in [4.78, 5) is 22.9. The van der Waals surface area contributed by atoms with Gasteiger partial charge in [-0.25, -0.2) is 4.79 Å². The summed E-state index contributed by atoms with van der Waals surface area (Å²) in [5, 5.41) is 14.9. The maximum atomic E-state index is 11.9. The minimum Gasteiger partial charge on any atom is -0.478 e. The fourth-order valence-electron chi connectivity index (χ4n) is 2.13. The van der Waals surface area contributed by atoms with Crippen molar-refractivity contribution in [2.45, 2.75) is 25.8 Å². The molecule has 1 saturated heterocycles. The van der Waals surface area contributed by atoms with Gasteiger partial charge in [-0.1, -0.05) is 6.07 Å². The third kappa shape index (κ3) is 2.51. The van der Waals surface area contributed by atoms with E-state index in [1.165, 1.54) is 6.07 Å². The zero-order valence-corrected chi connectivity index (χ0v) is 10.2. The Labute approximate surface area is 105 Å².